The minimum Gasteiger partial charge on any atom is -0.282 e. The van der Waals surface area contributed by atoms with Gasteiger partial charge in [0.15, 0.2) is 0 Å². The fourth-order valence-electron chi connectivity index (χ4n) is 2.60. The van der Waals surface area contributed by atoms with Crippen molar-refractivity contribution in [3.63, 3.8) is 0 Å². The van der Waals surface area contributed by atoms with Gasteiger partial charge in [-0.25, -0.2) is 0 Å². The minimum absolute atomic E-state index is 0.0469. The Labute approximate surface area is 120 Å². The van der Waals surface area contributed by atoms with E-state index in [1.165, 1.54) is 5.56 Å². The van der Waals surface area contributed by atoms with E-state index in [9.17, 15) is 4.79 Å². The number of H-pyrrole nitrogens is 1. The largest absolute Gasteiger partial charge is 0.282 e. The molecule has 0 unspecified atom stereocenters. The first kappa shape index (κ1) is 14.6. The van der Waals surface area contributed by atoms with E-state index in [0.29, 0.717) is 5.92 Å². The van der Waals surface area contributed by atoms with Crippen LogP contribution < -0.4 is 5.56 Å². The number of rotatable bonds is 4. The Morgan fingerprint density at radius 2 is 1.80 bits per heavy atom. The smallest absolute Gasteiger partial charge is 0.267 e. The highest BCUT2D eigenvalue weighted by atomic mass is 16.1. The van der Waals surface area contributed by atoms with Crippen LogP contribution in [0.5, 0.6) is 0 Å². The number of aromatic amines is 1. The van der Waals surface area contributed by atoms with Crippen molar-refractivity contribution in [3.05, 3.63) is 45.7 Å². The summed E-state index contributed by atoms with van der Waals surface area (Å²) in [4.78, 5) is 12.3. The Bertz CT molecular complexity index is 647. The molecule has 1 aromatic carbocycles. The first-order chi connectivity index (χ1) is 9.41. The van der Waals surface area contributed by atoms with Gasteiger partial charge < -0.3 is 0 Å². The molecule has 0 amide bonds. The summed E-state index contributed by atoms with van der Waals surface area (Å²) in [6.07, 6.45) is 0.804. The SMILES string of the molecule is Cc1ccccc1-c1c(CC(C)C)c(=O)[nH]n1C(C)C. The van der Waals surface area contributed by atoms with Gasteiger partial charge in [0, 0.05) is 17.2 Å². The van der Waals surface area contributed by atoms with E-state index in [4.69, 9.17) is 0 Å². The van der Waals surface area contributed by atoms with Crippen LogP contribution in [0.4, 0.5) is 0 Å². The molecule has 3 heteroatoms. The van der Waals surface area contributed by atoms with Gasteiger partial charge in [-0.1, -0.05) is 38.1 Å². The van der Waals surface area contributed by atoms with Gasteiger partial charge in [-0.05, 0) is 38.7 Å². The Kier molecular flexibility index (Phi) is 4.17. The van der Waals surface area contributed by atoms with Crippen molar-refractivity contribution in [3.8, 4) is 11.3 Å². The van der Waals surface area contributed by atoms with Crippen LogP contribution in [-0.2, 0) is 6.42 Å². The molecule has 0 aliphatic heterocycles. The molecule has 0 bridgehead atoms. The van der Waals surface area contributed by atoms with E-state index in [1.54, 1.807) is 0 Å². The zero-order valence-electron chi connectivity index (χ0n) is 13.0. The van der Waals surface area contributed by atoms with Gasteiger partial charge in [-0.3, -0.25) is 14.6 Å². The third-order valence-corrected chi connectivity index (χ3v) is 3.55. The van der Waals surface area contributed by atoms with Crippen LogP contribution in [0.1, 0.15) is 44.9 Å². The highest BCUT2D eigenvalue weighted by Crippen LogP contribution is 2.28. The maximum absolute atomic E-state index is 12.3. The van der Waals surface area contributed by atoms with Gasteiger partial charge in [0.2, 0.25) is 0 Å². The van der Waals surface area contributed by atoms with Gasteiger partial charge in [0.1, 0.15) is 0 Å². The Morgan fingerprint density at radius 1 is 1.15 bits per heavy atom. The Morgan fingerprint density at radius 3 is 2.35 bits per heavy atom. The molecule has 0 radical (unpaired) electrons. The first-order valence-electron chi connectivity index (χ1n) is 7.31. The summed E-state index contributed by atoms with van der Waals surface area (Å²) in [6.45, 7) is 10.6. The van der Waals surface area contributed by atoms with E-state index in [1.807, 2.05) is 16.8 Å². The van der Waals surface area contributed by atoms with Crippen molar-refractivity contribution in [1.82, 2.24) is 9.78 Å². The molecule has 0 atom stereocenters. The van der Waals surface area contributed by atoms with Crippen molar-refractivity contribution >= 4 is 0 Å². The van der Waals surface area contributed by atoms with Gasteiger partial charge in [0.25, 0.3) is 5.56 Å². The predicted molar refractivity (Wildman–Crippen MR) is 84.2 cm³/mol. The van der Waals surface area contributed by atoms with Crippen molar-refractivity contribution in [2.75, 3.05) is 0 Å². The molecule has 0 fully saturated rings. The molecule has 2 aromatic rings. The Balaban J connectivity index is 2.71. The molecule has 3 nitrogen and oxygen atoms in total. The number of aromatic nitrogens is 2. The number of aryl methyl sites for hydroxylation is 1. The van der Waals surface area contributed by atoms with E-state index in [-0.39, 0.29) is 11.6 Å². The summed E-state index contributed by atoms with van der Waals surface area (Å²) in [5, 5.41) is 3.00. The maximum atomic E-state index is 12.3. The van der Waals surface area contributed by atoms with Crippen LogP contribution in [-0.4, -0.2) is 9.78 Å². The normalized spacial score (nSPS) is 11.6. The quantitative estimate of drug-likeness (QED) is 0.899. The average molecular weight is 272 g/mol. The molecule has 0 spiro atoms. The second kappa shape index (κ2) is 5.70. The predicted octanol–water partition coefficient (Wildman–Crippen LogP) is 3.93. The lowest BCUT2D eigenvalue weighted by molar-refractivity contribution is 0.534. The molecule has 0 aliphatic rings. The van der Waals surface area contributed by atoms with Crippen molar-refractivity contribution in [1.29, 1.82) is 0 Å². The van der Waals surface area contributed by atoms with E-state index < -0.39 is 0 Å². The molecule has 1 aromatic heterocycles. The highest BCUT2D eigenvalue weighted by Gasteiger charge is 2.19. The summed E-state index contributed by atoms with van der Waals surface area (Å²) < 4.78 is 2.00. The molecule has 20 heavy (non-hydrogen) atoms. The number of nitrogens with one attached hydrogen (secondary N) is 1. The number of benzene rings is 1. The van der Waals surface area contributed by atoms with Gasteiger partial charge in [-0.15, -0.1) is 0 Å². The van der Waals surface area contributed by atoms with Crippen LogP contribution in [0.15, 0.2) is 29.1 Å². The number of hydrogen-bond acceptors (Lipinski definition) is 1. The summed E-state index contributed by atoms with van der Waals surface area (Å²) >= 11 is 0. The number of hydrogen-bond donors (Lipinski definition) is 1. The maximum Gasteiger partial charge on any atom is 0.267 e. The molecular weight excluding hydrogens is 248 g/mol. The van der Waals surface area contributed by atoms with Gasteiger partial charge in [0.05, 0.1) is 5.69 Å². The molecule has 0 saturated carbocycles. The fraction of sp³-hybridized carbons (Fsp3) is 0.471. The molecule has 0 aliphatic carbocycles. The molecular formula is C17H24N2O. The summed E-state index contributed by atoms with van der Waals surface area (Å²) in [6, 6.07) is 8.49. The second-order valence-electron chi connectivity index (χ2n) is 6.14. The van der Waals surface area contributed by atoms with Crippen LogP contribution >= 0.6 is 0 Å². The average Bonchev–Trinajstić information content (AvgIpc) is 2.67. The van der Waals surface area contributed by atoms with Crippen LogP contribution in [0.2, 0.25) is 0 Å². The summed E-state index contributed by atoms with van der Waals surface area (Å²) in [5.41, 5.74) is 4.35. The van der Waals surface area contributed by atoms with Crippen molar-refractivity contribution < 1.29 is 0 Å². The van der Waals surface area contributed by atoms with E-state index in [2.05, 4.69) is 51.9 Å². The Hall–Kier alpha value is -1.77. The topological polar surface area (TPSA) is 37.8 Å². The van der Waals surface area contributed by atoms with Crippen LogP contribution in [0.25, 0.3) is 11.3 Å². The third kappa shape index (κ3) is 2.72. The van der Waals surface area contributed by atoms with E-state index >= 15 is 0 Å². The molecule has 0 saturated heterocycles. The standard InChI is InChI=1S/C17H24N2O/c1-11(2)10-15-16(14-9-7-6-8-13(14)5)19(12(3)4)18-17(15)20/h6-9,11-12H,10H2,1-5H3,(H,18,20). The molecule has 108 valence electrons. The highest BCUT2D eigenvalue weighted by molar-refractivity contribution is 5.67. The minimum atomic E-state index is 0.0469. The van der Waals surface area contributed by atoms with E-state index in [0.717, 1.165) is 23.2 Å². The summed E-state index contributed by atoms with van der Waals surface area (Å²) in [5.74, 6) is 0.460. The van der Waals surface area contributed by atoms with Crippen LogP contribution in [0.3, 0.4) is 0 Å². The monoisotopic (exact) mass is 272 g/mol. The lowest BCUT2D eigenvalue weighted by atomic mass is 9.97. The molecule has 1 N–H and O–H groups in total. The van der Waals surface area contributed by atoms with Crippen molar-refractivity contribution in [2.24, 2.45) is 5.92 Å². The van der Waals surface area contributed by atoms with Crippen molar-refractivity contribution in [2.45, 2.75) is 47.1 Å². The number of nitrogens with zero attached hydrogens (tertiary/aromatic N) is 1. The summed E-state index contributed by atoms with van der Waals surface area (Å²) in [7, 11) is 0. The first-order valence-corrected chi connectivity index (χ1v) is 7.31. The molecule has 2 rings (SSSR count). The lowest BCUT2D eigenvalue weighted by Crippen LogP contribution is -2.10. The van der Waals surface area contributed by atoms with Gasteiger partial charge >= 0.3 is 0 Å². The lowest BCUT2D eigenvalue weighted by Gasteiger charge is -2.16. The molecule has 1 heterocycles. The third-order valence-electron chi connectivity index (χ3n) is 3.55. The zero-order chi connectivity index (χ0) is 14.9. The second-order valence-corrected chi connectivity index (χ2v) is 6.14. The fourth-order valence-corrected chi connectivity index (χ4v) is 2.60. The van der Waals surface area contributed by atoms with Gasteiger partial charge in [-0.2, -0.15) is 0 Å². The zero-order valence-corrected chi connectivity index (χ0v) is 13.0. The van der Waals surface area contributed by atoms with Crippen LogP contribution in [0, 0.1) is 12.8 Å².